The summed E-state index contributed by atoms with van der Waals surface area (Å²) in [6.07, 6.45) is 0.876. The lowest BCUT2D eigenvalue weighted by molar-refractivity contribution is 0.313. The van der Waals surface area contributed by atoms with Crippen LogP contribution in [-0.2, 0) is 4.74 Å². The van der Waals surface area contributed by atoms with Crippen molar-refractivity contribution in [2.75, 3.05) is 6.61 Å². The van der Waals surface area contributed by atoms with Gasteiger partial charge in [-0.25, -0.2) is 4.99 Å². The van der Waals surface area contributed by atoms with Gasteiger partial charge in [0.15, 0.2) is 5.90 Å². The first-order valence-electron chi connectivity index (χ1n) is 7.05. The van der Waals surface area contributed by atoms with E-state index in [1.807, 2.05) is 13.8 Å². The van der Waals surface area contributed by atoms with E-state index < -0.39 is 0 Å². The summed E-state index contributed by atoms with van der Waals surface area (Å²) in [5.41, 5.74) is 1.27. The average Bonchev–Trinajstić information content (AvgIpc) is 2.97. The Morgan fingerprint density at radius 3 is 2.58 bits per heavy atom. The van der Waals surface area contributed by atoms with Crippen molar-refractivity contribution in [3.8, 4) is 0 Å². The fraction of sp³-hybridized carbons (Fsp3) is 0.353. The Balaban J connectivity index is 0.000000637. The summed E-state index contributed by atoms with van der Waals surface area (Å²) in [5.74, 6) is 0.878. The Morgan fingerprint density at radius 2 is 1.84 bits per heavy atom. The number of benzene rings is 2. The fourth-order valence-corrected chi connectivity index (χ4v) is 2.32. The van der Waals surface area contributed by atoms with Crippen LogP contribution in [-0.4, -0.2) is 12.5 Å². The second-order valence-electron chi connectivity index (χ2n) is 4.27. The van der Waals surface area contributed by atoms with Crippen molar-refractivity contribution in [2.24, 2.45) is 4.99 Å². The van der Waals surface area contributed by atoms with Gasteiger partial charge in [-0.3, -0.25) is 0 Å². The second-order valence-corrected chi connectivity index (χ2v) is 4.27. The van der Waals surface area contributed by atoms with Crippen LogP contribution in [0, 0.1) is 0 Å². The first-order chi connectivity index (χ1) is 9.38. The summed E-state index contributed by atoms with van der Waals surface area (Å²) in [5, 5.41) is 2.55. The Kier molecular flexibility index (Phi) is 4.56. The molecule has 0 amide bonds. The molecule has 100 valence electrons. The number of hydrogen-bond donors (Lipinski definition) is 0. The number of rotatable bonds is 2. The van der Waals surface area contributed by atoms with Crippen molar-refractivity contribution in [1.29, 1.82) is 0 Å². The van der Waals surface area contributed by atoms with Crippen molar-refractivity contribution in [3.05, 3.63) is 48.0 Å². The third-order valence-corrected chi connectivity index (χ3v) is 3.19. The normalized spacial score (nSPS) is 17.4. The van der Waals surface area contributed by atoms with E-state index in [1.165, 1.54) is 16.3 Å². The number of aliphatic imine (C=N–C) groups is 1. The van der Waals surface area contributed by atoms with E-state index in [9.17, 15) is 0 Å². The number of nitrogens with zero attached hydrogens (tertiary/aromatic N) is 1. The molecule has 19 heavy (non-hydrogen) atoms. The third kappa shape index (κ3) is 2.78. The van der Waals surface area contributed by atoms with Gasteiger partial charge >= 0.3 is 0 Å². The van der Waals surface area contributed by atoms with E-state index >= 15 is 0 Å². The minimum atomic E-state index is 0.163. The predicted molar refractivity (Wildman–Crippen MR) is 81.7 cm³/mol. The van der Waals surface area contributed by atoms with Gasteiger partial charge in [-0.1, -0.05) is 63.2 Å². The van der Waals surface area contributed by atoms with E-state index in [-0.39, 0.29) is 6.04 Å². The van der Waals surface area contributed by atoms with Gasteiger partial charge in [0.2, 0.25) is 0 Å². The fourth-order valence-electron chi connectivity index (χ4n) is 2.32. The molecule has 3 rings (SSSR count). The van der Waals surface area contributed by atoms with E-state index in [1.54, 1.807) is 0 Å². The first-order valence-corrected chi connectivity index (χ1v) is 7.05. The molecule has 1 aliphatic rings. The van der Waals surface area contributed by atoms with Crippen LogP contribution in [0.1, 0.15) is 38.8 Å². The molecule has 0 bridgehead atoms. The number of fused-ring (bicyclic) bond motifs is 1. The van der Waals surface area contributed by atoms with Gasteiger partial charge in [0, 0.05) is 6.42 Å². The van der Waals surface area contributed by atoms with Crippen LogP contribution < -0.4 is 0 Å². The quantitative estimate of drug-likeness (QED) is 0.759. The largest absolute Gasteiger partial charge is 0.478 e. The zero-order valence-electron chi connectivity index (χ0n) is 11.9. The molecule has 2 heteroatoms. The highest BCUT2D eigenvalue weighted by atomic mass is 16.5. The molecule has 1 atom stereocenters. The molecule has 1 heterocycles. The Hall–Kier alpha value is -1.83. The van der Waals surface area contributed by atoms with Crippen molar-refractivity contribution >= 4 is 16.7 Å². The zero-order valence-corrected chi connectivity index (χ0v) is 11.9. The van der Waals surface area contributed by atoms with Crippen LogP contribution in [0.2, 0.25) is 0 Å². The van der Waals surface area contributed by atoms with Crippen molar-refractivity contribution < 1.29 is 4.74 Å². The van der Waals surface area contributed by atoms with Crippen molar-refractivity contribution in [1.82, 2.24) is 0 Å². The lowest BCUT2D eigenvalue weighted by Crippen LogP contribution is -1.99. The van der Waals surface area contributed by atoms with Crippen molar-refractivity contribution in [3.63, 3.8) is 0 Å². The van der Waals surface area contributed by atoms with Gasteiger partial charge in [0.1, 0.15) is 12.6 Å². The molecule has 1 aliphatic heterocycles. The van der Waals surface area contributed by atoms with Crippen LogP contribution in [0.5, 0.6) is 0 Å². The highest BCUT2D eigenvalue weighted by Gasteiger charge is 2.20. The molecule has 0 N–H and O–H groups in total. The maximum absolute atomic E-state index is 5.57. The minimum absolute atomic E-state index is 0.163. The van der Waals surface area contributed by atoms with Crippen LogP contribution in [0.15, 0.2) is 47.5 Å². The van der Waals surface area contributed by atoms with E-state index in [2.05, 4.69) is 54.4 Å². The monoisotopic (exact) mass is 255 g/mol. The second kappa shape index (κ2) is 6.37. The van der Waals surface area contributed by atoms with Gasteiger partial charge in [-0.15, -0.1) is 0 Å². The van der Waals surface area contributed by atoms with E-state index in [4.69, 9.17) is 4.74 Å². The molecule has 1 unspecified atom stereocenters. The minimum Gasteiger partial charge on any atom is -0.478 e. The maximum atomic E-state index is 5.57. The molecule has 0 spiro atoms. The summed E-state index contributed by atoms with van der Waals surface area (Å²) < 4.78 is 5.57. The zero-order chi connectivity index (χ0) is 13.7. The number of ether oxygens (including phenoxy) is 1. The molecule has 2 aromatic carbocycles. The van der Waals surface area contributed by atoms with Crippen LogP contribution in [0.25, 0.3) is 10.8 Å². The summed E-state index contributed by atoms with van der Waals surface area (Å²) in [6, 6.07) is 15.0. The SMILES string of the molecule is CC.CCC1=NC(c2cccc3ccccc23)CO1. The highest BCUT2D eigenvalue weighted by Crippen LogP contribution is 2.29. The molecular weight excluding hydrogens is 234 g/mol. The van der Waals surface area contributed by atoms with Gasteiger partial charge in [-0.05, 0) is 16.3 Å². The van der Waals surface area contributed by atoms with Crippen LogP contribution in [0.3, 0.4) is 0 Å². The Morgan fingerprint density at radius 1 is 1.11 bits per heavy atom. The molecule has 0 aliphatic carbocycles. The maximum Gasteiger partial charge on any atom is 0.183 e. The lowest BCUT2D eigenvalue weighted by atomic mass is 10.00. The summed E-state index contributed by atoms with van der Waals surface area (Å²) in [7, 11) is 0. The predicted octanol–water partition coefficient (Wildman–Crippen LogP) is 4.75. The molecule has 0 aromatic heterocycles. The van der Waals surface area contributed by atoms with E-state index in [0.717, 1.165) is 12.3 Å². The molecule has 0 radical (unpaired) electrons. The Labute approximate surface area is 115 Å². The number of hydrogen-bond acceptors (Lipinski definition) is 2. The molecule has 0 saturated carbocycles. The third-order valence-electron chi connectivity index (χ3n) is 3.19. The first kappa shape index (κ1) is 13.6. The van der Waals surface area contributed by atoms with Gasteiger partial charge in [0.05, 0.1) is 0 Å². The van der Waals surface area contributed by atoms with Gasteiger partial charge < -0.3 is 4.74 Å². The molecule has 0 saturated heterocycles. The molecule has 0 fully saturated rings. The average molecular weight is 255 g/mol. The molecular formula is C17H21NO. The van der Waals surface area contributed by atoms with E-state index in [0.29, 0.717) is 6.61 Å². The lowest BCUT2D eigenvalue weighted by Gasteiger charge is -2.09. The standard InChI is InChI=1S/C15H15NO.C2H6/c1-2-15-16-14(10-17-15)13-9-5-7-11-6-3-4-8-12(11)13;1-2/h3-9,14H,2,10H2,1H3;1-2H3. The van der Waals surface area contributed by atoms with Gasteiger partial charge in [0.25, 0.3) is 0 Å². The topological polar surface area (TPSA) is 21.6 Å². The summed E-state index contributed by atoms with van der Waals surface area (Å²) >= 11 is 0. The molecule has 2 nitrogen and oxygen atoms in total. The van der Waals surface area contributed by atoms with Gasteiger partial charge in [-0.2, -0.15) is 0 Å². The van der Waals surface area contributed by atoms with Crippen LogP contribution in [0.4, 0.5) is 0 Å². The summed E-state index contributed by atoms with van der Waals surface area (Å²) in [6.45, 7) is 6.75. The van der Waals surface area contributed by atoms with Crippen LogP contribution >= 0.6 is 0 Å². The highest BCUT2D eigenvalue weighted by molar-refractivity contribution is 5.87. The molecule has 2 aromatic rings. The smallest absolute Gasteiger partial charge is 0.183 e. The summed E-state index contributed by atoms with van der Waals surface area (Å²) in [4.78, 5) is 4.62. The van der Waals surface area contributed by atoms with Crippen molar-refractivity contribution in [2.45, 2.75) is 33.2 Å². The Bertz CT molecular complexity index is 569.